The van der Waals surface area contributed by atoms with E-state index in [4.69, 9.17) is 14.2 Å². The first-order valence-corrected chi connectivity index (χ1v) is 33.3. The van der Waals surface area contributed by atoms with Crippen LogP contribution in [0.1, 0.15) is 290 Å². The summed E-state index contributed by atoms with van der Waals surface area (Å²) in [5.41, 5.74) is 0. The number of hydrogen-bond donors (Lipinski definition) is 0. The van der Waals surface area contributed by atoms with Gasteiger partial charge in [-0.05, 0) is 141 Å². The van der Waals surface area contributed by atoms with Gasteiger partial charge in [0.15, 0.2) is 6.10 Å². The summed E-state index contributed by atoms with van der Waals surface area (Å²) in [4.78, 5) is 38.4. The van der Waals surface area contributed by atoms with Crippen molar-refractivity contribution in [3.8, 4) is 0 Å². The fraction of sp³-hybridized carbons (Fsp3) is 0.640. The van der Waals surface area contributed by atoms with Crippen molar-refractivity contribution in [3.05, 3.63) is 146 Å². The van der Waals surface area contributed by atoms with Crippen LogP contribution in [-0.4, -0.2) is 37.2 Å². The second kappa shape index (κ2) is 67.8. The molecule has 0 aromatic carbocycles. The fourth-order valence-electron chi connectivity index (χ4n) is 8.88. The Kier molecular flexibility index (Phi) is 63.9. The van der Waals surface area contributed by atoms with Crippen molar-refractivity contribution in [3.63, 3.8) is 0 Å². The summed E-state index contributed by atoms with van der Waals surface area (Å²) in [5, 5.41) is 0. The molecule has 81 heavy (non-hydrogen) atoms. The van der Waals surface area contributed by atoms with Gasteiger partial charge in [-0.1, -0.05) is 276 Å². The quantitative estimate of drug-likeness (QED) is 0.0261. The van der Waals surface area contributed by atoms with Gasteiger partial charge in [-0.2, -0.15) is 0 Å². The van der Waals surface area contributed by atoms with Crippen molar-refractivity contribution in [2.45, 2.75) is 297 Å². The number of carbonyl (C=O) groups is 3. The molecule has 0 aliphatic carbocycles. The standard InChI is InChI=1S/C75H122O6/c1-4-7-10-13-16-19-22-25-27-29-31-33-35-37-39-41-43-45-47-50-53-56-59-62-65-68-74(77)80-71-72(70-79-73(76)67-64-61-58-55-52-49-24-21-18-15-12-9-6-3)81-75(78)69-66-63-60-57-54-51-48-46-44-42-40-38-36-34-32-30-28-26-23-20-17-14-11-8-5-2/h7-8,10-11,16-17,19-21,24-28,31-34,37-40,43,45,72H,4-6,9,12-15,18,22-23,29-30,35-36,41-42,44,46-71H2,1-3H3/b10-7-,11-8-,19-16-,20-17-,24-21-,27-25-,28-26-,33-31-,34-32-,39-37-,40-38-,45-43-. The van der Waals surface area contributed by atoms with Gasteiger partial charge in [-0.25, -0.2) is 0 Å². The van der Waals surface area contributed by atoms with Crippen molar-refractivity contribution < 1.29 is 28.6 Å². The third-order valence-corrected chi connectivity index (χ3v) is 13.8. The highest BCUT2D eigenvalue weighted by Crippen LogP contribution is 2.15. The van der Waals surface area contributed by atoms with Gasteiger partial charge in [-0.15, -0.1) is 0 Å². The lowest BCUT2D eigenvalue weighted by Crippen LogP contribution is -2.30. The van der Waals surface area contributed by atoms with Gasteiger partial charge in [0.1, 0.15) is 13.2 Å². The highest BCUT2D eigenvalue weighted by atomic mass is 16.6. The van der Waals surface area contributed by atoms with Crippen LogP contribution in [0.4, 0.5) is 0 Å². The zero-order chi connectivity index (χ0) is 58.5. The van der Waals surface area contributed by atoms with E-state index in [1.54, 1.807) is 0 Å². The highest BCUT2D eigenvalue weighted by Gasteiger charge is 2.19. The SMILES string of the molecule is CC/C=C\C/C=C\C/C=C\C/C=C\C/C=C\C/C=C\CCCCCCCCC(=O)OCC(COC(=O)CCCCCCC/C=C\CCCCCC)OC(=O)CCCCCCCCCCC/C=C\C/C=C\C/C=C\C/C=C\C/C=C\CC. The predicted molar refractivity (Wildman–Crippen MR) is 352 cm³/mol. The molecule has 6 nitrogen and oxygen atoms in total. The van der Waals surface area contributed by atoms with Crippen LogP contribution in [-0.2, 0) is 28.6 Å². The van der Waals surface area contributed by atoms with E-state index in [0.29, 0.717) is 19.3 Å². The Labute approximate surface area is 499 Å². The van der Waals surface area contributed by atoms with E-state index in [0.717, 1.165) is 161 Å². The van der Waals surface area contributed by atoms with Crippen LogP contribution in [0.5, 0.6) is 0 Å². The molecule has 0 rings (SSSR count). The molecule has 0 aromatic rings. The third-order valence-electron chi connectivity index (χ3n) is 13.8. The first-order valence-electron chi connectivity index (χ1n) is 33.3. The molecule has 1 unspecified atom stereocenters. The molecule has 0 aliphatic rings. The molecule has 0 fully saturated rings. The Morgan fingerprint density at radius 2 is 0.481 bits per heavy atom. The van der Waals surface area contributed by atoms with E-state index in [1.165, 1.54) is 89.9 Å². The van der Waals surface area contributed by atoms with Gasteiger partial charge in [0.25, 0.3) is 0 Å². The van der Waals surface area contributed by atoms with Crippen LogP contribution < -0.4 is 0 Å². The number of allylic oxidation sites excluding steroid dienone is 24. The largest absolute Gasteiger partial charge is 0.462 e. The lowest BCUT2D eigenvalue weighted by molar-refractivity contribution is -0.167. The molecule has 6 heteroatoms. The van der Waals surface area contributed by atoms with Crippen molar-refractivity contribution in [1.29, 1.82) is 0 Å². The number of hydrogen-bond acceptors (Lipinski definition) is 6. The fourth-order valence-corrected chi connectivity index (χ4v) is 8.88. The molecule has 0 saturated carbocycles. The van der Waals surface area contributed by atoms with Crippen molar-refractivity contribution >= 4 is 17.9 Å². The number of rotatable bonds is 59. The summed E-state index contributed by atoms with van der Waals surface area (Å²) in [5.74, 6) is -0.921. The highest BCUT2D eigenvalue weighted by molar-refractivity contribution is 5.71. The number of unbranched alkanes of at least 4 members (excludes halogenated alkanes) is 24. The van der Waals surface area contributed by atoms with E-state index < -0.39 is 6.10 Å². The normalized spacial score (nSPS) is 13.1. The Morgan fingerprint density at radius 1 is 0.259 bits per heavy atom. The minimum Gasteiger partial charge on any atom is -0.462 e. The summed E-state index contributed by atoms with van der Waals surface area (Å²) in [7, 11) is 0. The Hall–Kier alpha value is -4.71. The lowest BCUT2D eigenvalue weighted by atomic mass is 10.1. The molecule has 0 N–H and O–H groups in total. The van der Waals surface area contributed by atoms with Crippen molar-refractivity contribution in [1.82, 2.24) is 0 Å². The minimum atomic E-state index is -0.799. The predicted octanol–water partition coefficient (Wildman–Crippen LogP) is 23.1. The van der Waals surface area contributed by atoms with Gasteiger partial charge in [0.2, 0.25) is 0 Å². The topological polar surface area (TPSA) is 78.9 Å². The first kappa shape index (κ1) is 76.3. The summed E-state index contributed by atoms with van der Waals surface area (Å²) in [6, 6.07) is 0. The molecular formula is C75H122O6. The zero-order valence-electron chi connectivity index (χ0n) is 52.5. The maximum atomic E-state index is 12.9. The molecule has 0 heterocycles. The Balaban J connectivity index is 4.40. The number of esters is 3. The van der Waals surface area contributed by atoms with E-state index in [1.807, 2.05) is 0 Å². The van der Waals surface area contributed by atoms with E-state index in [-0.39, 0.29) is 31.1 Å². The van der Waals surface area contributed by atoms with Crippen molar-refractivity contribution in [2.75, 3.05) is 13.2 Å². The third kappa shape index (κ3) is 66.0. The Bertz CT molecular complexity index is 1760. The number of ether oxygens (including phenoxy) is 3. The van der Waals surface area contributed by atoms with E-state index >= 15 is 0 Å². The van der Waals surface area contributed by atoms with Crippen LogP contribution in [0.25, 0.3) is 0 Å². The maximum Gasteiger partial charge on any atom is 0.306 e. The summed E-state index contributed by atoms with van der Waals surface area (Å²) in [6.45, 7) is 6.38. The monoisotopic (exact) mass is 1120 g/mol. The average molecular weight is 1120 g/mol. The molecular weight excluding hydrogens is 997 g/mol. The number of carbonyl (C=O) groups excluding carboxylic acids is 3. The molecule has 0 saturated heterocycles. The van der Waals surface area contributed by atoms with Gasteiger partial charge in [0, 0.05) is 19.3 Å². The molecule has 0 amide bonds. The molecule has 0 radical (unpaired) electrons. The van der Waals surface area contributed by atoms with Gasteiger partial charge in [0.05, 0.1) is 0 Å². The summed E-state index contributed by atoms with van der Waals surface area (Å²) >= 11 is 0. The summed E-state index contributed by atoms with van der Waals surface area (Å²) < 4.78 is 16.9. The van der Waals surface area contributed by atoms with E-state index in [2.05, 4.69) is 167 Å². The molecule has 0 aliphatic heterocycles. The van der Waals surface area contributed by atoms with Gasteiger partial charge in [-0.3, -0.25) is 14.4 Å². The molecule has 0 aromatic heterocycles. The smallest absolute Gasteiger partial charge is 0.306 e. The molecule has 0 spiro atoms. The van der Waals surface area contributed by atoms with Gasteiger partial charge < -0.3 is 14.2 Å². The van der Waals surface area contributed by atoms with Gasteiger partial charge >= 0.3 is 17.9 Å². The van der Waals surface area contributed by atoms with Crippen LogP contribution in [0.3, 0.4) is 0 Å². The minimum absolute atomic E-state index is 0.0937. The zero-order valence-corrected chi connectivity index (χ0v) is 52.5. The van der Waals surface area contributed by atoms with Crippen LogP contribution in [0.2, 0.25) is 0 Å². The molecule has 458 valence electrons. The van der Waals surface area contributed by atoms with Crippen LogP contribution in [0, 0.1) is 0 Å². The molecule has 0 bridgehead atoms. The maximum absolute atomic E-state index is 12.9. The second-order valence-electron chi connectivity index (χ2n) is 21.6. The van der Waals surface area contributed by atoms with E-state index in [9.17, 15) is 14.4 Å². The summed E-state index contributed by atoms with van der Waals surface area (Å²) in [6.07, 6.45) is 97.1. The average Bonchev–Trinajstić information content (AvgIpc) is 3.46. The molecule has 1 atom stereocenters. The Morgan fingerprint density at radius 3 is 0.765 bits per heavy atom. The van der Waals surface area contributed by atoms with Crippen LogP contribution in [0.15, 0.2) is 146 Å². The van der Waals surface area contributed by atoms with Crippen molar-refractivity contribution in [2.24, 2.45) is 0 Å². The van der Waals surface area contributed by atoms with Crippen LogP contribution >= 0.6 is 0 Å². The second-order valence-corrected chi connectivity index (χ2v) is 21.6. The first-order chi connectivity index (χ1) is 40.0. The lowest BCUT2D eigenvalue weighted by Gasteiger charge is -2.18.